The Morgan fingerprint density at radius 1 is 1.50 bits per heavy atom. The van der Waals surface area contributed by atoms with Crippen LogP contribution < -0.4 is 11.1 Å². The number of aromatic carboxylic acids is 1. The molecule has 1 amide bonds. The lowest BCUT2D eigenvalue weighted by Gasteiger charge is -2.13. The van der Waals surface area contributed by atoms with Crippen LogP contribution in [0.25, 0.3) is 0 Å². The van der Waals surface area contributed by atoms with Gasteiger partial charge in [0.15, 0.2) is 0 Å². The average molecular weight is 345 g/mol. The van der Waals surface area contributed by atoms with Crippen molar-refractivity contribution in [3.63, 3.8) is 0 Å². The molecule has 1 rings (SSSR count). The summed E-state index contributed by atoms with van der Waals surface area (Å²) in [4.78, 5) is 23.0. The molecule has 0 radical (unpaired) electrons. The van der Waals surface area contributed by atoms with Gasteiger partial charge in [-0.1, -0.05) is 15.9 Å². The minimum absolute atomic E-state index is 0.0109. The number of nitrogens with two attached hydrogens (primary N) is 1. The number of carbonyl (C=O) groups excluding carboxylic acids is 1. The van der Waals surface area contributed by atoms with Gasteiger partial charge in [0.05, 0.1) is 17.3 Å². The van der Waals surface area contributed by atoms with Crippen LogP contribution in [0.1, 0.15) is 23.2 Å². The topological polar surface area (TPSA) is 102 Å². The van der Waals surface area contributed by atoms with Crippen LogP contribution in [0.5, 0.6) is 0 Å². The normalized spacial score (nSPS) is 11.9. The zero-order valence-corrected chi connectivity index (χ0v) is 12.6. The van der Waals surface area contributed by atoms with Gasteiger partial charge < -0.3 is 20.9 Å². The molecule has 4 N–H and O–H groups in total. The van der Waals surface area contributed by atoms with Crippen molar-refractivity contribution in [2.45, 2.75) is 18.9 Å². The Bertz CT molecular complexity index is 493. The Kier molecular flexibility index (Phi) is 6.63. The van der Waals surface area contributed by atoms with E-state index >= 15 is 0 Å². The SMILES string of the molecule is COCCCC(N)C(=O)Nc1ccc(Br)cc1C(=O)O. The molecule has 0 bridgehead atoms. The van der Waals surface area contributed by atoms with Gasteiger partial charge >= 0.3 is 5.97 Å². The zero-order valence-electron chi connectivity index (χ0n) is 11.1. The number of nitrogens with one attached hydrogen (secondary N) is 1. The molecule has 1 aromatic rings. The molecule has 0 fully saturated rings. The summed E-state index contributed by atoms with van der Waals surface area (Å²) in [5, 5.41) is 11.6. The Morgan fingerprint density at radius 3 is 2.80 bits per heavy atom. The van der Waals surface area contributed by atoms with Crippen LogP contribution in [0, 0.1) is 0 Å². The van der Waals surface area contributed by atoms with Crippen LogP contribution in [-0.4, -0.2) is 36.7 Å². The largest absolute Gasteiger partial charge is 0.478 e. The van der Waals surface area contributed by atoms with E-state index in [1.807, 2.05) is 0 Å². The molecular formula is C13H17BrN2O4. The lowest BCUT2D eigenvalue weighted by Crippen LogP contribution is -2.36. The first-order valence-corrected chi connectivity index (χ1v) is 6.83. The van der Waals surface area contributed by atoms with E-state index in [9.17, 15) is 9.59 Å². The van der Waals surface area contributed by atoms with E-state index in [1.54, 1.807) is 13.2 Å². The second-order valence-electron chi connectivity index (χ2n) is 4.23. The molecule has 0 aliphatic carbocycles. The van der Waals surface area contributed by atoms with Gasteiger partial charge in [0.1, 0.15) is 0 Å². The molecule has 0 heterocycles. The monoisotopic (exact) mass is 344 g/mol. The first-order chi connectivity index (χ1) is 9.45. The fraction of sp³-hybridized carbons (Fsp3) is 0.385. The average Bonchev–Trinajstić information content (AvgIpc) is 2.40. The highest BCUT2D eigenvalue weighted by molar-refractivity contribution is 9.10. The molecule has 0 saturated heterocycles. The van der Waals surface area contributed by atoms with Crippen molar-refractivity contribution >= 4 is 33.5 Å². The fourth-order valence-corrected chi connectivity index (χ4v) is 1.97. The van der Waals surface area contributed by atoms with Crippen LogP contribution >= 0.6 is 15.9 Å². The molecular weight excluding hydrogens is 328 g/mol. The van der Waals surface area contributed by atoms with Gasteiger partial charge in [0.25, 0.3) is 0 Å². The van der Waals surface area contributed by atoms with Crippen molar-refractivity contribution < 1.29 is 19.4 Å². The van der Waals surface area contributed by atoms with Crippen molar-refractivity contribution in [3.8, 4) is 0 Å². The van der Waals surface area contributed by atoms with Crippen LogP contribution in [-0.2, 0) is 9.53 Å². The third kappa shape index (κ3) is 4.92. The van der Waals surface area contributed by atoms with E-state index < -0.39 is 17.9 Å². The summed E-state index contributed by atoms with van der Waals surface area (Å²) >= 11 is 3.19. The highest BCUT2D eigenvalue weighted by atomic mass is 79.9. The van der Waals surface area contributed by atoms with Gasteiger partial charge in [-0.3, -0.25) is 4.79 Å². The molecule has 0 aliphatic heterocycles. The first kappa shape index (κ1) is 16.6. The Labute approximate surface area is 125 Å². The number of hydrogen-bond donors (Lipinski definition) is 3. The van der Waals surface area contributed by atoms with Crippen LogP contribution in [0.2, 0.25) is 0 Å². The lowest BCUT2D eigenvalue weighted by molar-refractivity contribution is -0.117. The standard InChI is InChI=1S/C13H17BrN2O4/c1-20-6-2-3-10(15)12(17)16-11-5-4-8(14)7-9(11)13(18)19/h4-5,7,10H,2-3,6,15H2,1H3,(H,16,17)(H,18,19). The number of carboxylic acid groups (broad SMARTS) is 1. The van der Waals surface area contributed by atoms with E-state index in [1.165, 1.54) is 12.1 Å². The second-order valence-corrected chi connectivity index (χ2v) is 5.14. The summed E-state index contributed by atoms with van der Waals surface area (Å²) in [5.41, 5.74) is 5.98. The van der Waals surface area contributed by atoms with Gasteiger partial charge in [-0.25, -0.2) is 4.79 Å². The third-order valence-corrected chi connectivity index (χ3v) is 3.16. The molecule has 6 nitrogen and oxygen atoms in total. The fourth-order valence-electron chi connectivity index (χ4n) is 1.61. The summed E-state index contributed by atoms with van der Waals surface area (Å²) < 4.78 is 5.51. The number of anilines is 1. The summed E-state index contributed by atoms with van der Waals surface area (Å²) in [6.45, 7) is 0.527. The Balaban J connectivity index is 2.72. The molecule has 110 valence electrons. The minimum Gasteiger partial charge on any atom is -0.478 e. The quantitative estimate of drug-likeness (QED) is 0.655. The number of hydrogen-bond acceptors (Lipinski definition) is 4. The minimum atomic E-state index is -1.12. The van der Waals surface area contributed by atoms with Gasteiger partial charge in [0, 0.05) is 18.2 Å². The molecule has 7 heteroatoms. The number of halogens is 1. The molecule has 20 heavy (non-hydrogen) atoms. The van der Waals surface area contributed by atoms with Crippen LogP contribution in [0.4, 0.5) is 5.69 Å². The molecule has 1 aromatic carbocycles. The summed E-state index contributed by atoms with van der Waals surface area (Å²) in [5.74, 6) is -1.53. The van der Waals surface area contributed by atoms with Crippen molar-refractivity contribution in [1.29, 1.82) is 0 Å². The summed E-state index contributed by atoms with van der Waals surface area (Å²) in [6.07, 6.45) is 1.13. The van der Waals surface area contributed by atoms with E-state index in [4.69, 9.17) is 15.6 Å². The Morgan fingerprint density at radius 2 is 2.20 bits per heavy atom. The lowest BCUT2D eigenvalue weighted by atomic mass is 10.1. The van der Waals surface area contributed by atoms with Crippen LogP contribution in [0.15, 0.2) is 22.7 Å². The number of methoxy groups -OCH3 is 1. The van der Waals surface area contributed by atoms with Crippen LogP contribution in [0.3, 0.4) is 0 Å². The first-order valence-electron chi connectivity index (χ1n) is 6.04. The molecule has 1 atom stereocenters. The van der Waals surface area contributed by atoms with Gasteiger partial charge in [-0.2, -0.15) is 0 Å². The predicted molar refractivity (Wildman–Crippen MR) is 78.8 cm³/mol. The van der Waals surface area contributed by atoms with Crippen molar-refractivity contribution in [3.05, 3.63) is 28.2 Å². The van der Waals surface area contributed by atoms with Gasteiger partial charge in [0.2, 0.25) is 5.91 Å². The van der Waals surface area contributed by atoms with Crippen molar-refractivity contribution in [2.75, 3.05) is 19.0 Å². The molecule has 1 unspecified atom stereocenters. The second kappa shape index (κ2) is 7.98. The molecule has 0 saturated carbocycles. The zero-order chi connectivity index (χ0) is 15.1. The molecule has 0 spiro atoms. The smallest absolute Gasteiger partial charge is 0.337 e. The van der Waals surface area contributed by atoms with Crippen molar-refractivity contribution in [1.82, 2.24) is 0 Å². The summed E-state index contributed by atoms with van der Waals surface area (Å²) in [6, 6.07) is 3.90. The maximum atomic E-state index is 11.9. The summed E-state index contributed by atoms with van der Waals surface area (Å²) in [7, 11) is 1.58. The number of carboxylic acids is 1. The number of ether oxygens (including phenoxy) is 1. The van der Waals surface area contributed by atoms with Gasteiger partial charge in [-0.05, 0) is 31.0 Å². The number of carbonyl (C=O) groups is 2. The van der Waals surface area contributed by atoms with Crippen molar-refractivity contribution in [2.24, 2.45) is 5.73 Å². The predicted octanol–water partition coefficient (Wildman–Crippen LogP) is 1.84. The maximum absolute atomic E-state index is 11.9. The van der Waals surface area contributed by atoms with E-state index in [0.717, 1.165) is 0 Å². The number of amides is 1. The molecule has 0 aromatic heterocycles. The number of rotatable bonds is 7. The van der Waals surface area contributed by atoms with Gasteiger partial charge in [-0.15, -0.1) is 0 Å². The highest BCUT2D eigenvalue weighted by Gasteiger charge is 2.17. The number of benzene rings is 1. The Hall–Kier alpha value is -1.44. The third-order valence-electron chi connectivity index (χ3n) is 2.67. The highest BCUT2D eigenvalue weighted by Crippen LogP contribution is 2.21. The van der Waals surface area contributed by atoms with E-state index in [2.05, 4.69) is 21.2 Å². The maximum Gasteiger partial charge on any atom is 0.337 e. The molecule has 0 aliphatic rings. The van der Waals surface area contributed by atoms with E-state index in [-0.39, 0.29) is 11.3 Å². The van der Waals surface area contributed by atoms with E-state index in [0.29, 0.717) is 23.9 Å².